The first-order valence-corrected chi connectivity index (χ1v) is 10.2. The Hall–Kier alpha value is -3.09. The molecule has 2 aromatic rings. The fourth-order valence-corrected chi connectivity index (χ4v) is 3.95. The Morgan fingerprint density at radius 2 is 1.52 bits per heavy atom. The molecule has 0 bridgehead atoms. The number of carbonyl (C=O) groups is 2. The van der Waals surface area contributed by atoms with E-state index in [0.29, 0.717) is 18.8 Å². The van der Waals surface area contributed by atoms with E-state index >= 15 is 0 Å². The average Bonchev–Trinajstić information content (AvgIpc) is 3.29. The molecule has 29 heavy (non-hydrogen) atoms. The standard InChI is InChI=1S/C22H27N5O2/c1-17(28)25-12-14-27(15-13-25)20-8-9-23-21(16-20)22(29)24-18-4-6-19(7-5-18)26-10-2-3-11-26/h4-9,16H,2-3,10-15H2,1H3,(H,24,29). The number of pyridine rings is 1. The Labute approximate surface area is 171 Å². The van der Waals surface area contributed by atoms with Crippen LogP contribution in [0.15, 0.2) is 42.6 Å². The summed E-state index contributed by atoms with van der Waals surface area (Å²) in [5.41, 5.74) is 3.31. The van der Waals surface area contributed by atoms with Gasteiger partial charge in [0.15, 0.2) is 0 Å². The molecule has 1 N–H and O–H groups in total. The van der Waals surface area contributed by atoms with Gasteiger partial charge < -0.3 is 20.0 Å². The second kappa shape index (κ2) is 8.51. The topological polar surface area (TPSA) is 68.8 Å². The third-order valence-electron chi connectivity index (χ3n) is 5.66. The zero-order valence-electron chi connectivity index (χ0n) is 16.8. The molecule has 0 radical (unpaired) electrons. The largest absolute Gasteiger partial charge is 0.372 e. The first-order chi connectivity index (χ1) is 14.1. The van der Waals surface area contributed by atoms with E-state index in [9.17, 15) is 9.59 Å². The van der Waals surface area contributed by atoms with Crippen molar-refractivity contribution in [3.63, 3.8) is 0 Å². The normalized spacial score (nSPS) is 16.8. The molecule has 7 heteroatoms. The smallest absolute Gasteiger partial charge is 0.274 e. The van der Waals surface area contributed by atoms with E-state index in [1.165, 1.54) is 18.5 Å². The van der Waals surface area contributed by atoms with Crippen LogP contribution in [0.25, 0.3) is 0 Å². The Morgan fingerprint density at radius 3 is 2.17 bits per heavy atom. The summed E-state index contributed by atoms with van der Waals surface area (Å²) in [5, 5.41) is 2.94. The molecule has 7 nitrogen and oxygen atoms in total. The number of anilines is 3. The number of carbonyl (C=O) groups excluding carboxylic acids is 2. The van der Waals surface area contributed by atoms with E-state index in [0.717, 1.165) is 37.6 Å². The van der Waals surface area contributed by atoms with Crippen LogP contribution >= 0.6 is 0 Å². The van der Waals surface area contributed by atoms with Gasteiger partial charge in [0, 0.05) is 69.5 Å². The van der Waals surface area contributed by atoms with Crippen LogP contribution in [0.5, 0.6) is 0 Å². The first kappa shape index (κ1) is 19.2. The fraction of sp³-hybridized carbons (Fsp3) is 0.409. The van der Waals surface area contributed by atoms with Crippen molar-refractivity contribution in [2.75, 3.05) is 54.4 Å². The summed E-state index contributed by atoms with van der Waals surface area (Å²) in [7, 11) is 0. The second-order valence-corrected chi connectivity index (χ2v) is 7.59. The van der Waals surface area contributed by atoms with Gasteiger partial charge in [0.2, 0.25) is 5.91 Å². The van der Waals surface area contributed by atoms with Crippen LogP contribution < -0.4 is 15.1 Å². The lowest BCUT2D eigenvalue weighted by Gasteiger charge is -2.35. The van der Waals surface area contributed by atoms with Gasteiger partial charge in [0.1, 0.15) is 5.69 Å². The lowest BCUT2D eigenvalue weighted by atomic mass is 10.2. The number of amides is 2. The molecule has 1 aromatic heterocycles. The van der Waals surface area contributed by atoms with Crippen molar-refractivity contribution in [2.45, 2.75) is 19.8 Å². The van der Waals surface area contributed by atoms with Gasteiger partial charge in [-0.3, -0.25) is 14.6 Å². The summed E-state index contributed by atoms with van der Waals surface area (Å²) < 4.78 is 0. The number of nitrogens with one attached hydrogen (secondary N) is 1. The lowest BCUT2D eigenvalue weighted by molar-refractivity contribution is -0.129. The average molecular weight is 393 g/mol. The maximum absolute atomic E-state index is 12.7. The van der Waals surface area contributed by atoms with Crippen molar-refractivity contribution < 1.29 is 9.59 Å². The van der Waals surface area contributed by atoms with Gasteiger partial charge in [-0.1, -0.05) is 0 Å². The van der Waals surface area contributed by atoms with Crippen LogP contribution in [0.2, 0.25) is 0 Å². The van der Waals surface area contributed by atoms with Crippen LogP contribution in [0.4, 0.5) is 17.1 Å². The molecule has 2 saturated heterocycles. The Morgan fingerprint density at radius 1 is 0.862 bits per heavy atom. The van der Waals surface area contributed by atoms with Gasteiger partial charge in [-0.15, -0.1) is 0 Å². The van der Waals surface area contributed by atoms with Gasteiger partial charge in [-0.25, -0.2) is 0 Å². The zero-order valence-corrected chi connectivity index (χ0v) is 16.8. The molecule has 2 amide bonds. The molecule has 2 aliphatic heterocycles. The van der Waals surface area contributed by atoms with E-state index in [1.54, 1.807) is 13.1 Å². The molecule has 4 rings (SSSR count). The summed E-state index contributed by atoms with van der Waals surface area (Å²) in [6.07, 6.45) is 4.15. The highest BCUT2D eigenvalue weighted by molar-refractivity contribution is 6.03. The summed E-state index contributed by atoms with van der Waals surface area (Å²) in [5.74, 6) is -0.113. The van der Waals surface area contributed by atoms with E-state index in [2.05, 4.69) is 32.2 Å². The van der Waals surface area contributed by atoms with Crippen molar-refractivity contribution >= 4 is 28.9 Å². The molecule has 0 atom stereocenters. The van der Waals surface area contributed by atoms with Crippen LogP contribution in [0.1, 0.15) is 30.3 Å². The van der Waals surface area contributed by atoms with Gasteiger partial charge in [0.05, 0.1) is 0 Å². The predicted octanol–water partition coefficient (Wildman–Crippen LogP) is 2.60. The molecule has 3 heterocycles. The number of hydrogen-bond acceptors (Lipinski definition) is 5. The number of hydrogen-bond donors (Lipinski definition) is 1. The number of aromatic nitrogens is 1. The number of nitrogens with zero attached hydrogens (tertiary/aromatic N) is 4. The van der Waals surface area contributed by atoms with Gasteiger partial charge >= 0.3 is 0 Å². The fourth-order valence-electron chi connectivity index (χ4n) is 3.95. The van der Waals surface area contributed by atoms with Crippen molar-refractivity contribution in [1.29, 1.82) is 0 Å². The van der Waals surface area contributed by atoms with Crippen LogP contribution in [-0.4, -0.2) is 61.0 Å². The molecule has 0 aliphatic carbocycles. The summed E-state index contributed by atoms with van der Waals surface area (Å²) in [6.45, 7) is 6.70. The monoisotopic (exact) mass is 393 g/mol. The molecule has 0 spiro atoms. The predicted molar refractivity (Wildman–Crippen MR) is 115 cm³/mol. The van der Waals surface area contributed by atoms with Crippen molar-refractivity contribution in [3.8, 4) is 0 Å². The van der Waals surface area contributed by atoms with Crippen molar-refractivity contribution in [3.05, 3.63) is 48.3 Å². The number of piperazine rings is 1. The van der Waals surface area contributed by atoms with E-state index in [-0.39, 0.29) is 11.8 Å². The van der Waals surface area contributed by atoms with Crippen LogP contribution in [0.3, 0.4) is 0 Å². The van der Waals surface area contributed by atoms with Crippen molar-refractivity contribution in [2.24, 2.45) is 0 Å². The Kier molecular flexibility index (Phi) is 5.64. The maximum atomic E-state index is 12.7. The maximum Gasteiger partial charge on any atom is 0.274 e. The van der Waals surface area contributed by atoms with Crippen LogP contribution in [-0.2, 0) is 4.79 Å². The van der Waals surface area contributed by atoms with Gasteiger partial charge in [0.25, 0.3) is 5.91 Å². The van der Waals surface area contributed by atoms with Gasteiger partial charge in [-0.05, 0) is 49.2 Å². The molecule has 2 fully saturated rings. The summed E-state index contributed by atoms with van der Waals surface area (Å²) in [4.78, 5) is 34.8. The molecular weight excluding hydrogens is 366 g/mol. The highest BCUT2D eigenvalue weighted by atomic mass is 16.2. The molecule has 1 aromatic carbocycles. The highest BCUT2D eigenvalue weighted by Gasteiger charge is 2.20. The summed E-state index contributed by atoms with van der Waals surface area (Å²) in [6, 6.07) is 11.7. The summed E-state index contributed by atoms with van der Waals surface area (Å²) >= 11 is 0. The Bertz CT molecular complexity index is 869. The zero-order chi connectivity index (χ0) is 20.2. The number of benzene rings is 1. The lowest BCUT2D eigenvalue weighted by Crippen LogP contribution is -2.48. The third kappa shape index (κ3) is 4.50. The minimum absolute atomic E-state index is 0.107. The highest BCUT2D eigenvalue weighted by Crippen LogP contribution is 2.23. The van der Waals surface area contributed by atoms with E-state index < -0.39 is 0 Å². The van der Waals surface area contributed by atoms with Gasteiger partial charge in [-0.2, -0.15) is 0 Å². The molecular formula is C22H27N5O2. The number of rotatable bonds is 4. The molecule has 0 unspecified atom stereocenters. The first-order valence-electron chi connectivity index (χ1n) is 10.2. The van der Waals surface area contributed by atoms with Crippen molar-refractivity contribution in [1.82, 2.24) is 9.88 Å². The quantitative estimate of drug-likeness (QED) is 0.865. The molecule has 0 saturated carbocycles. The van der Waals surface area contributed by atoms with E-state index in [1.807, 2.05) is 29.2 Å². The third-order valence-corrected chi connectivity index (χ3v) is 5.66. The molecule has 152 valence electrons. The minimum atomic E-state index is -0.219. The second-order valence-electron chi connectivity index (χ2n) is 7.59. The van der Waals surface area contributed by atoms with E-state index in [4.69, 9.17) is 0 Å². The molecule has 2 aliphatic rings. The Balaban J connectivity index is 1.39. The minimum Gasteiger partial charge on any atom is -0.372 e. The SMILES string of the molecule is CC(=O)N1CCN(c2ccnc(C(=O)Nc3ccc(N4CCCC4)cc3)c2)CC1. The van der Waals surface area contributed by atoms with Crippen LogP contribution in [0, 0.1) is 0 Å².